The molecule has 0 aliphatic heterocycles. The molecule has 19 heavy (non-hydrogen) atoms. The SMILES string of the molecule is CNc1cc(-c2cc(C)cc(C)c2OC)nc(C)n1. The second-order valence-electron chi connectivity index (χ2n) is 4.60. The van der Waals surface area contributed by atoms with Crippen LogP contribution in [0.4, 0.5) is 5.82 Å². The fourth-order valence-electron chi connectivity index (χ4n) is 2.25. The summed E-state index contributed by atoms with van der Waals surface area (Å²) < 4.78 is 5.52. The minimum atomic E-state index is 0.739. The summed E-state index contributed by atoms with van der Waals surface area (Å²) in [5.74, 6) is 2.41. The summed E-state index contributed by atoms with van der Waals surface area (Å²) in [7, 11) is 3.54. The summed E-state index contributed by atoms with van der Waals surface area (Å²) in [4.78, 5) is 8.83. The van der Waals surface area contributed by atoms with Crippen molar-refractivity contribution in [2.45, 2.75) is 20.8 Å². The topological polar surface area (TPSA) is 47.0 Å². The zero-order valence-corrected chi connectivity index (χ0v) is 12.0. The minimum Gasteiger partial charge on any atom is -0.496 e. The lowest BCUT2D eigenvalue weighted by Gasteiger charge is -2.13. The molecule has 2 rings (SSSR count). The Morgan fingerprint density at radius 1 is 1.05 bits per heavy atom. The zero-order valence-electron chi connectivity index (χ0n) is 12.0. The number of nitrogens with zero attached hydrogens (tertiary/aromatic N) is 2. The summed E-state index contributed by atoms with van der Waals surface area (Å²) >= 11 is 0. The van der Waals surface area contributed by atoms with E-state index >= 15 is 0 Å². The summed E-state index contributed by atoms with van der Waals surface area (Å²) in [6, 6.07) is 6.13. The molecule has 0 aliphatic rings. The van der Waals surface area contributed by atoms with E-state index in [0.29, 0.717) is 0 Å². The molecule has 0 saturated heterocycles. The second kappa shape index (κ2) is 5.26. The van der Waals surface area contributed by atoms with Crippen LogP contribution in [-0.4, -0.2) is 24.1 Å². The van der Waals surface area contributed by atoms with Crippen molar-refractivity contribution in [3.8, 4) is 17.0 Å². The first kappa shape index (κ1) is 13.3. The molecule has 1 heterocycles. The van der Waals surface area contributed by atoms with E-state index in [4.69, 9.17) is 4.74 Å². The number of hydrogen-bond acceptors (Lipinski definition) is 4. The van der Waals surface area contributed by atoms with Crippen LogP contribution < -0.4 is 10.1 Å². The van der Waals surface area contributed by atoms with Gasteiger partial charge >= 0.3 is 0 Å². The average Bonchev–Trinajstić information content (AvgIpc) is 2.37. The maximum absolute atomic E-state index is 5.52. The smallest absolute Gasteiger partial charge is 0.131 e. The first-order chi connectivity index (χ1) is 9.05. The number of rotatable bonds is 3. The van der Waals surface area contributed by atoms with Crippen LogP contribution in [-0.2, 0) is 0 Å². The summed E-state index contributed by atoms with van der Waals surface area (Å²) in [5.41, 5.74) is 4.18. The Labute approximate surface area is 113 Å². The number of anilines is 1. The van der Waals surface area contributed by atoms with Crippen LogP contribution in [0, 0.1) is 20.8 Å². The molecule has 0 amide bonds. The lowest BCUT2D eigenvalue weighted by atomic mass is 10.0. The van der Waals surface area contributed by atoms with E-state index < -0.39 is 0 Å². The van der Waals surface area contributed by atoms with E-state index in [1.165, 1.54) is 5.56 Å². The highest BCUT2D eigenvalue weighted by Crippen LogP contribution is 2.33. The molecule has 4 heteroatoms. The highest BCUT2D eigenvalue weighted by Gasteiger charge is 2.12. The number of ether oxygens (including phenoxy) is 1. The van der Waals surface area contributed by atoms with Crippen molar-refractivity contribution in [2.24, 2.45) is 0 Å². The van der Waals surface area contributed by atoms with E-state index in [9.17, 15) is 0 Å². The van der Waals surface area contributed by atoms with Crippen molar-refractivity contribution in [2.75, 3.05) is 19.5 Å². The van der Waals surface area contributed by atoms with Gasteiger partial charge < -0.3 is 10.1 Å². The van der Waals surface area contributed by atoms with Gasteiger partial charge in [-0.25, -0.2) is 9.97 Å². The van der Waals surface area contributed by atoms with Crippen LogP contribution in [0.25, 0.3) is 11.3 Å². The Morgan fingerprint density at radius 3 is 2.42 bits per heavy atom. The molecule has 1 aromatic heterocycles. The quantitative estimate of drug-likeness (QED) is 0.917. The number of benzene rings is 1. The fraction of sp³-hybridized carbons (Fsp3) is 0.333. The summed E-state index contributed by atoms with van der Waals surface area (Å²) in [5, 5.41) is 3.05. The van der Waals surface area contributed by atoms with E-state index in [0.717, 1.165) is 34.2 Å². The van der Waals surface area contributed by atoms with E-state index in [-0.39, 0.29) is 0 Å². The number of aromatic nitrogens is 2. The maximum Gasteiger partial charge on any atom is 0.131 e. The number of aryl methyl sites for hydroxylation is 3. The largest absolute Gasteiger partial charge is 0.496 e. The van der Waals surface area contributed by atoms with Gasteiger partial charge in [0.2, 0.25) is 0 Å². The Morgan fingerprint density at radius 2 is 1.79 bits per heavy atom. The molecule has 0 spiro atoms. The molecular weight excluding hydrogens is 238 g/mol. The number of methoxy groups -OCH3 is 1. The van der Waals surface area contributed by atoms with Gasteiger partial charge in [0, 0.05) is 18.7 Å². The highest BCUT2D eigenvalue weighted by atomic mass is 16.5. The zero-order chi connectivity index (χ0) is 14.0. The Hall–Kier alpha value is -2.10. The molecular formula is C15H19N3O. The molecule has 0 aliphatic carbocycles. The number of nitrogens with one attached hydrogen (secondary N) is 1. The molecule has 0 bridgehead atoms. The third-order valence-corrected chi connectivity index (χ3v) is 2.99. The Balaban J connectivity index is 2.67. The van der Waals surface area contributed by atoms with Crippen molar-refractivity contribution in [3.05, 3.63) is 35.2 Å². The normalized spacial score (nSPS) is 10.4. The van der Waals surface area contributed by atoms with Crippen molar-refractivity contribution in [1.29, 1.82) is 0 Å². The lowest BCUT2D eigenvalue weighted by molar-refractivity contribution is 0.413. The predicted octanol–water partition coefficient (Wildman–Crippen LogP) is 3.12. The van der Waals surface area contributed by atoms with E-state index in [1.807, 2.05) is 27.0 Å². The van der Waals surface area contributed by atoms with Crippen LogP contribution in [0.2, 0.25) is 0 Å². The van der Waals surface area contributed by atoms with Crippen molar-refractivity contribution in [1.82, 2.24) is 9.97 Å². The third-order valence-electron chi connectivity index (χ3n) is 2.99. The third kappa shape index (κ3) is 2.67. The standard InChI is InChI=1S/C15H19N3O/c1-9-6-10(2)15(19-5)12(7-9)13-8-14(16-4)18-11(3)17-13/h6-8H,1-5H3,(H,16,17,18). The van der Waals surface area contributed by atoms with Crippen molar-refractivity contribution in [3.63, 3.8) is 0 Å². The average molecular weight is 257 g/mol. The van der Waals surface area contributed by atoms with E-state index in [1.54, 1.807) is 7.11 Å². The van der Waals surface area contributed by atoms with Crippen LogP contribution in [0.15, 0.2) is 18.2 Å². The van der Waals surface area contributed by atoms with Gasteiger partial charge in [-0.1, -0.05) is 6.07 Å². The van der Waals surface area contributed by atoms with Gasteiger partial charge in [-0.3, -0.25) is 0 Å². The fourth-order valence-corrected chi connectivity index (χ4v) is 2.25. The molecule has 2 aromatic rings. The molecule has 1 aromatic carbocycles. The Kier molecular flexibility index (Phi) is 3.69. The molecule has 0 fully saturated rings. The van der Waals surface area contributed by atoms with Gasteiger partial charge in [0.1, 0.15) is 17.4 Å². The van der Waals surface area contributed by atoms with Crippen LogP contribution in [0.1, 0.15) is 17.0 Å². The van der Waals surface area contributed by atoms with Crippen molar-refractivity contribution < 1.29 is 4.74 Å². The first-order valence-electron chi connectivity index (χ1n) is 6.24. The van der Waals surface area contributed by atoms with Crippen molar-refractivity contribution >= 4 is 5.82 Å². The predicted molar refractivity (Wildman–Crippen MR) is 77.8 cm³/mol. The number of hydrogen-bond donors (Lipinski definition) is 1. The molecule has 1 N–H and O–H groups in total. The highest BCUT2D eigenvalue weighted by molar-refractivity contribution is 5.72. The second-order valence-corrected chi connectivity index (χ2v) is 4.60. The molecule has 0 saturated carbocycles. The monoisotopic (exact) mass is 257 g/mol. The van der Waals surface area contributed by atoms with Gasteiger partial charge in [0.05, 0.1) is 12.8 Å². The van der Waals surface area contributed by atoms with Gasteiger partial charge in [-0.05, 0) is 38.0 Å². The molecule has 100 valence electrons. The van der Waals surface area contributed by atoms with Gasteiger partial charge in [-0.15, -0.1) is 0 Å². The maximum atomic E-state index is 5.52. The molecule has 0 radical (unpaired) electrons. The molecule has 0 atom stereocenters. The van der Waals surface area contributed by atoms with Gasteiger partial charge in [0.25, 0.3) is 0 Å². The van der Waals surface area contributed by atoms with Crippen LogP contribution >= 0.6 is 0 Å². The van der Waals surface area contributed by atoms with Gasteiger partial charge in [0.15, 0.2) is 0 Å². The molecule has 4 nitrogen and oxygen atoms in total. The van der Waals surface area contributed by atoms with E-state index in [2.05, 4.69) is 34.3 Å². The summed E-state index contributed by atoms with van der Waals surface area (Å²) in [6.45, 7) is 6.00. The minimum absolute atomic E-state index is 0.739. The van der Waals surface area contributed by atoms with Crippen LogP contribution in [0.3, 0.4) is 0 Å². The Bertz CT molecular complexity index is 609. The first-order valence-corrected chi connectivity index (χ1v) is 6.24. The summed E-state index contributed by atoms with van der Waals surface area (Å²) in [6.07, 6.45) is 0. The lowest BCUT2D eigenvalue weighted by Crippen LogP contribution is -2.00. The van der Waals surface area contributed by atoms with Crippen LogP contribution in [0.5, 0.6) is 5.75 Å². The molecule has 0 unspecified atom stereocenters. The van der Waals surface area contributed by atoms with Gasteiger partial charge in [-0.2, -0.15) is 0 Å².